The molecule has 1 unspecified atom stereocenters. The lowest BCUT2D eigenvalue weighted by Crippen LogP contribution is -2.22. The van der Waals surface area contributed by atoms with Gasteiger partial charge in [0.05, 0.1) is 19.1 Å². The maximum atomic E-state index is 5.35. The molecule has 0 saturated heterocycles. The molecule has 1 aromatic carbocycles. The van der Waals surface area contributed by atoms with Gasteiger partial charge < -0.3 is 14.5 Å². The summed E-state index contributed by atoms with van der Waals surface area (Å²) in [7, 11) is 1.69. The average Bonchev–Trinajstić information content (AvgIpc) is 3.00. The predicted molar refractivity (Wildman–Crippen MR) is 84.3 cm³/mol. The second-order valence-electron chi connectivity index (χ2n) is 4.48. The second kappa shape index (κ2) is 8.02. The van der Waals surface area contributed by atoms with Gasteiger partial charge >= 0.3 is 0 Å². The number of ether oxygens (including phenoxy) is 1. The minimum atomic E-state index is 0.353. The third kappa shape index (κ3) is 4.32. The number of thioether (sulfide) groups is 1. The number of hydrogen-bond acceptors (Lipinski definition) is 4. The zero-order valence-corrected chi connectivity index (χ0v) is 12.8. The van der Waals surface area contributed by atoms with Crippen LogP contribution in [0.25, 0.3) is 0 Å². The third-order valence-corrected chi connectivity index (χ3v) is 4.14. The predicted octanol–water partition coefficient (Wildman–Crippen LogP) is 3.87. The van der Waals surface area contributed by atoms with Crippen molar-refractivity contribution in [3.05, 3.63) is 54.0 Å². The van der Waals surface area contributed by atoms with Crippen molar-refractivity contribution < 1.29 is 9.15 Å². The summed E-state index contributed by atoms with van der Waals surface area (Å²) in [6.45, 7) is 3.09. The number of furan rings is 1. The van der Waals surface area contributed by atoms with Gasteiger partial charge in [0.15, 0.2) is 0 Å². The van der Waals surface area contributed by atoms with Crippen LogP contribution < -0.4 is 10.1 Å². The number of rotatable bonds is 8. The molecule has 1 aromatic heterocycles. The standard InChI is InChI=1S/C16H21NO2S/c1-3-17-16(12-20-11-15-5-4-10-19-15)13-6-8-14(18-2)9-7-13/h4-10,16-17H,3,11-12H2,1-2H3. The Hall–Kier alpha value is -1.39. The van der Waals surface area contributed by atoms with E-state index in [1.165, 1.54) is 5.56 Å². The van der Waals surface area contributed by atoms with E-state index in [2.05, 4.69) is 24.4 Å². The van der Waals surface area contributed by atoms with E-state index < -0.39 is 0 Å². The van der Waals surface area contributed by atoms with E-state index in [1.54, 1.807) is 13.4 Å². The van der Waals surface area contributed by atoms with Crippen molar-refractivity contribution in [3.8, 4) is 5.75 Å². The molecule has 1 atom stereocenters. The van der Waals surface area contributed by atoms with Gasteiger partial charge in [0, 0.05) is 11.8 Å². The first-order valence-corrected chi connectivity index (χ1v) is 7.96. The van der Waals surface area contributed by atoms with Crippen LogP contribution in [0.2, 0.25) is 0 Å². The van der Waals surface area contributed by atoms with E-state index in [0.29, 0.717) is 6.04 Å². The summed E-state index contributed by atoms with van der Waals surface area (Å²) in [5.74, 6) is 3.85. The molecule has 0 fully saturated rings. The maximum absolute atomic E-state index is 5.35. The molecule has 0 aliphatic heterocycles. The molecule has 20 heavy (non-hydrogen) atoms. The topological polar surface area (TPSA) is 34.4 Å². The molecule has 2 aromatic rings. The molecule has 3 nitrogen and oxygen atoms in total. The molecule has 0 amide bonds. The van der Waals surface area contributed by atoms with Gasteiger partial charge in [0.1, 0.15) is 11.5 Å². The van der Waals surface area contributed by atoms with Crippen LogP contribution in [-0.4, -0.2) is 19.4 Å². The van der Waals surface area contributed by atoms with Crippen molar-refractivity contribution >= 4 is 11.8 Å². The lowest BCUT2D eigenvalue weighted by Gasteiger charge is -2.18. The average molecular weight is 291 g/mol. The fraction of sp³-hybridized carbons (Fsp3) is 0.375. The van der Waals surface area contributed by atoms with Crippen molar-refractivity contribution in [2.45, 2.75) is 18.7 Å². The zero-order chi connectivity index (χ0) is 14.2. The largest absolute Gasteiger partial charge is 0.497 e. The van der Waals surface area contributed by atoms with E-state index >= 15 is 0 Å². The van der Waals surface area contributed by atoms with Gasteiger partial charge in [-0.25, -0.2) is 0 Å². The zero-order valence-electron chi connectivity index (χ0n) is 12.0. The van der Waals surface area contributed by atoms with Gasteiger partial charge in [-0.1, -0.05) is 19.1 Å². The first-order valence-electron chi connectivity index (χ1n) is 6.81. The van der Waals surface area contributed by atoms with Gasteiger partial charge in [0.2, 0.25) is 0 Å². The lowest BCUT2D eigenvalue weighted by molar-refractivity contribution is 0.414. The third-order valence-electron chi connectivity index (χ3n) is 3.08. The highest BCUT2D eigenvalue weighted by Crippen LogP contribution is 2.23. The Morgan fingerprint density at radius 1 is 1.25 bits per heavy atom. The molecule has 2 rings (SSSR count). The number of hydrogen-bond donors (Lipinski definition) is 1. The Morgan fingerprint density at radius 3 is 2.65 bits per heavy atom. The highest BCUT2D eigenvalue weighted by Gasteiger charge is 2.11. The SMILES string of the molecule is CCNC(CSCc1ccco1)c1ccc(OC)cc1. The van der Waals surface area contributed by atoms with Crippen LogP contribution >= 0.6 is 11.8 Å². The first kappa shape index (κ1) is 15.0. The number of nitrogens with one attached hydrogen (secondary N) is 1. The normalized spacial score (nSPS) is 12.3. The molecule has 0 spiro atoms. The van der Waals surface area contributed by atoms with Crippen molar-refractivity contribution in [2.24, 2.45) is 0 Å². The summed E-state index contributed by atoms with van der Waals surface area (Å²) >= 11 is 1.88. The Morgan fingerprint density at radius 2 is 2.05 bits per heavy atom. The first-order chi connectivity index (χ1) is 9.83. The molecule has 1 heterocycles. The van der Waals surface area contributed by atoms with Crippen LogP contribution in [0.3, 0.4) is 0 Å². The summed E-state index contributed by atoms with van der Waals surface area (Å²) in [6.07, 6.45) is 1.72. The monoisotopic (exact) mass is 291 g/mol. The highest BCUT2D eigenvalue weighted by atomic mass is 32.2. The molecule has 0 bridgehead atoms. The summed E-state index contributed by atoms with van der Waals surface area (Å²) < 4.78 is 10.6. The smallest absolute Gasteiger partial charge is 0.118 e. The van der Waals surface area contributed by atoms with E-state index in [-0.39, 0.29) is 0 Å². The molecule has 4 heteroatoms. The Labute approximate surface area is 124 Å². The van der Waals surface area contributed by atoms with Crippen molar-refractivity contribution in [1.82, 2.24) is 5.32 Å². The molecule has 1 N–H and O–H groups in total. The fourth-order valence-electron chi connectivity index (χ4n) is 2.03. The van der Waals surface area contributed by atoms with Gasteiger partial charge in [-0.05, 0) is 36.4 Å². The van der Waals surface area contributed by atoms with E-state index in [9.17, 15) is 0 Å². The Kier molecular flexibility index (Phi) is 6.02. The molecular weight excluding hydrogens is 270 g/mol. The van der Waals surface area contributed by atoms with Crippen LogP contribution in [-0.2, 0) is 5.75 Å². The molecular formula is C16H21NO2S. The quantitative estimate of drug-likeness (QED) is 0.800. The van der Waals surface area contributed by atoms with E-state index in [0.717, 1.165) is 29.6 Å². The minimum Gasteiger partial charge on any atom is -0.497 e. The van der Waals surface area contributed by atoms with Gasteiger partial charge in [0.25, 0.3) is 0 Å². The summed E-state index contributed by atoms with van der Waals surface area (Å²) in [5.41, 5.74) is 1.29. The second-order valence-corrected chi connectivity index (χ2v) is 5.51. The summed E-state index contributed by atoms with van der Waals surface area (Å²) in [6, 6.07) is 12.6. The summed E-state index contributed by atoms with van der Waals surface area (Å²) in [4.78, 5) is 0. The number of benzene rings is 1. The van der Waals surface area contributed by atoms with Gasteiger partial charge in [-0.3, -0.25) is 0 Å². The molecule has 0 saturated carbocycles. The van der Waals surface area contributed by atoms with Crippen LogP contribution in [0, 0.1) is 0 Å². The molecule has 108 valence electrons. The van der Waals surface area contributed by atoms with Gasteiger partial charge in [-0.15, -0.1) is 0 Å². The van der Waals surface area contributed by atoms with Crippen LogP contribution in [0.5, 0.6) is 5.75 Å². The van der Waals surface area contributed by atoms with Crippen molar-refractivity contribution in [1.29, 1.82) is 0 Å². The molecule has 0 radical (unpaired) electrons. The molecule has 0 aliphatic rings. The Bertz CT molecular complexity index is 482. The van der Waals surface area contributed by atoms with Crippen LogP contribution in [0.1, 0.15) is 24.3 Å². The minimum absolute atomic E-state index is 0.353. The van der Waals surface area contributed by atoms with Crippen LogP contribution in [0.15, 0.2) is 47.1 Å². The van der Waals surface area contributed by atoms with Crippen molar-refractivity contribution in [3.63, 3.8) is 0 Å². The summed E-state index contributed by atoms with van der Waals surface area (Å²) in [5, 5.41) is 3.52. The fourth-order valence-corrected chi connectivity index (χ4v) is 3.06. The van der Waals surface area contributed by atoms with Crippen molar-refractivity contribution in [2.75, 3.05) is 19.4 Å². The Balaban J connectivity index is 1.91. The van der Waals surface area contributed by atoms with E-state index in [4.69, 9.17) is 9.15 Å². The molecule has 0 aliphatic carbocycles. The van der Waals surface area contributed by atoms with Crippen LogP contribution in [0.4, 0.5) is 0 Å². The van der Waals surface area contributed by atoms with Gasteiger partial charge in [-0.2, -0.15) is 11.8 Å². The number of methoxy groups -OCH3 is 1. The maximum Gasteiger partial charge on any atom is 0.118 e. The highest BCUT2D eigenvalue weighted by molar-refractivity contribution is 7.98. The van der Waals surface area contributed by atoms with E-state index in [1.807, 2.05) is 36.0 Å². The lowest BCUT2D eigenvalue weighted by atomic mass is 10.1.